The number of benzene rings is 2. The Labute approximate surface area is 156 Å². The SMILES string of the molecule is N#CC1(c2ccc(-c3cccc(CN4CCOCC4)c3)cc2)CCCC1. The second-order valence-corrected chi connectivity index (χ2v) is 7.57. The molecule has 2 aromatic rings. The van der Waals surface area contributed by atoms with Gasteiger partial charge in [0.1, 0.15) is 0 Å². The molecule has 1 saturated carbocycles. The zero-order valence-corrected chi connectivity index (χ0v) is 15.3. The van der Waals surface area contributed by atoms with E-state index in [4.69, 9.17) is 4.74 Å². The maximum Gasteiger partial charge on any atom is 0.0822 e. The fourth-order valence-corrected chi connectivity index (χ4v) is 4.29. The first-order chi connectivity index (χ1) is 12.8. The number of morpholine rings is 1. The van der Waals surface area contributed by atoms with Crippen LogP contribution in [0.15, 0.2) is 48.5 Å². The van der Waals surface area contributed by atoms with Gasteiger partial charge in [0.2, 0.25) is 0 Å². The van der Waals surface area contributed by atoms with Crippen LogP contribution in [0.4, 0.5) is 0 Å². The van der Waals surface area contributed by atoms with Crippen molar-refractivity contribution in [2.45, 2.75) is 37.6 Å². The minimum atomic E-state index is -0.253. The number of hydrogen-bond donors (Lipinski definition) is 0. The van der Waals surface area contributed by atoms with Gasteiger partial charge in [-0.25, -0.2) is 0 Å². The van der Waals surface area contributed by atoms with Crippen molar-refractivity contribution in [3.05, 3.63) is 59.7 Å². The van der Waals surface area contributed by atoms with Crippen molar-refractivity contribution in [2.24, 2.45) is 0 Å². The van der Waals surface area contributed by atoms with Crippen LogP contribution < -0.4 is 0 Å². The van der Waals surface area contributed by atoms with E-state index in [1.165, 1.54) is 35.1 Å². The Kier molecular flexibility index (Phi) is 5.06. The van der Waals surface area contributed by atoms with Gasteiger partial charge in [0.05, 0.1) is 24.7 Å². The molecule has 2 aromatic carbocycles. The zero-order valence-electron chi connectivity index (χ0n) is 15.3. The number of rotatable bonds is 4. The normalized spacial score (nSPS) is 20.0. The standard InChI is InChI=1S/C23H26N2O/c24-18-23(10-1-2-11-23)22-8-6-20(7-9-22)21-5-3-4-19(16-21)17-25-12-14-26-15-13-25/h3-9,16H,1-2,10-15,17H2. The topological polar surface area (TPSA) is 36.3 Å². The van der Waals surface area contributed by atoms with Crippen LogP contribution in [0.3, 0.4) is 0 Å². The van der Waals surface area contributed by atoms with E-state index >= 15 is 0 Å². The largest absolute Gasteiger partial charge is 0.379 e. The minimum absolute atomic E-state index is 0.253. The van der Waals surface area contributed by atoms with Crippen LogP contribution in [0.25, 0.3) is 11.1 Å². The van der Waals surface area contributed by atoms with Crippen LogP contribution in [-0.2, 0) is 16.7 Å². The second-order valence-electron chi connectivity index (χ2n) is 7.57. The smallest absolute Gasteiger partial charge is 0.0822 e. The van der Waals surface area contributed by atoms with Gasteiger partial charge in [-0.3, -0.25) is 4.90 Å². The quantitative estimate of drug-likeness (QED) is 0.816. The third-order valence-electron chi connectivity index (χ3n) is 5.88. The Balaban J connectivity index is 1.52. The van der Waals surface area contributed by atoms with E-state index in [0.717, 1.165) is 45.7 Å². The van der Waals surface area contributed by atoms with Crippen LogP contribution >= 0.6 is 0 Å². The molecular weight excluding hydrogens is 320 g/mol. The molecule has 0 N–H and O–H groups in total. The molecule has 1 aliphatic heterocycles. The zero-order chi connectivity index (χ0) is 17.8. The van der Waals surface area contributed by atoms with Gasteiger partial charge in [0.15, 0.2) is 0 Å². The molecule has 1 heterocycles. The highest BCUT2D eigenvalue weighted by molar-refractivity contribution is 5.65. The van der Waals surface area contributed by atoms with E-state index in [-0.39, 0.29) is 5.41 Å². The average Bonchev–Trinajstić information content (AvgIpc) is 3.20. The molecule has 134 valence electrons. The molecule has 2 fully saturated rings. The lowest BCUT2D eigenvalue weighted by molar-refractivity contribution is 0.0342. The molecular formula is C23H26N2O. The Morgan fingerprint density at radius 3 is 2.38 bits per heavy atom. The van der Waals surface area contributed by atoms with Gasteiger partial charge >= 0.3 is 0 Å². The molecule has 2 aliphatic rings. The van der Waals surface area contributed by atoms with Crippen LogP contribution in [0, 0.1) is 11.3 Å². The van der Waals surface area contributed by atoms with Gasteiger partial charge in [0.25, 0.3) is 0 Å². The van der Waals surface area contributed by atoms with Crippen molar-refractivity contribution in [2.75, 3.05) is 26.3 Å². The molecule has 0 spiro atoms. The summed E-state index contributed by atoms with van der Waals surface area (Å²) in [6.45, 7) is 4.67. The van der Waals surface area contributed by atoms with Crippen LogP contribution in [0.2, 0.25) is 0 Å². The van der Waals surface area contributed by atoms with Crippen molar-refractivity contribution in [1.82, 2.24) is 4.90 Å². The van der Waals surface area contributed by atoms with E-state index in [9.17, 15) is 5.26 Å². The summed E-state index contributed by atoms with van der Waals surface area (Å²) < 4.78 is 5.44. The fraction of sp³-hybridized carbons (Fsp3) is 0.435. The van der Waals surface area contributed by atoms with Crippen molar-refractivity contribution in [3.63, 3.8) is 0 Å². The molecule has 0 amide bonds. The van der Waals surface area contributed by atoms with Crippen molar-refractivity contribution in [3.8, 4) is 17.2 Å². The van der Waals surface area contributed by atoms with Gasteiger partial charge in [-0.15, -0.1) is 0 Å². The fourth-order valence-electron chi connectivity index (χ4n) is 4.29. The summed E-state index contributed by atoms with van der Waals surface area (Å²) in [7, 11) is 0. The first kappa shape index (κ1) is 17.3. The summed E-state index contributed by atoms with van der Waals surface area (Å²) >= 11 is 0. The molecule has 26 heavy (non-hydrogen) atoms. The van der Waals surface area contributed by atoms with Crippen molar-refractivity contribution in [1.29, 1.82) is 5.26 Å². The van der Waals surface area contributed by atoms with Gasteiger partial charge in [0, 0.05) is 19.6 Å². The molecule has 0 atom stereocenters. The molecule has 3 nitrogen and oxygen atoms in total. The predicted octanol–water partition coefficient (Wildman–Crippen LogP) is 4.52. The molecule has 4 rings (SSSR count). The van der Waals surface area contributed by atoms with Crippen LogP contribution in [0.1, 0.15) is 36.8 Å². The Hall–Kier alpha value is -2.15. The van der Waals surface area contributed by atoms with E-state index in [0.29, 0.717) is 0 Å². The molecule has 0 unspecified atom stereocenters. The summed E-state index contributed by atoms with van der Waals surface area (Å²) in [5, 5.41) is 9.68. The van der Waals surface area contributed by atoms with Gasteiger partial charge in [-0.1, -0.05) is 55.3 Å². The third kappa shape index (κ3) is 3.53. The third-order valence-corrected chi connectivity index (χ3v) is 5.88. The highest BCUT2D eigenvalue weighted by Crippen LogP contribution is 2.41. The lowest BCUT2D eigenvalue weighted by Crippen LogP contribution is -2.35. The minimum Gasteiger partial charge on any atom is -0.379 e. The van der Waals surface area contributed by atoms with Gasteiger partial charge in [-0.05, 0) is 41.2 Å². The van der Waals surface area contributed by atoms with E-state index in [1.807, 2.05) is 0 Å². The Morgan fingerprint density at radius 2 is 1.69 bits per heavy atom. The first-order valence-electron chi connectivity index (χ1n) is 9.70. The number of hydrogen-bond acceptors (Lipinski definition) is 3. The molecule has 1 saturated heterocycles. The van der Waals surface area contributed by atoms with Crippen molar-refractivity contribution >= 4 is 0 Å². The second kappa shape index (κ2) is 7.61. The van der Waals surface area contributed by atoms with E-state index < -0.39 is 0 Å². The van der Waals surface area contributed by atoms with Crippen molar-refractivity contribution < 1.29 is 4.74 Å². The first-order valence-corrected chi connectivity index (χ1v) is 9.70. The Morgan fingerprint density at radius 1 is 0.962 bits per heavy atom. The number of nitriles is 1. The lowest BCUT2D eigenvalue weighted by Gasteiger charge is -2.26. The predicted molar refractivity (Wildman–Crippen MR) is 104 cm³/mol. The van der Waals surface area contributed by atoms with Gasteiger partial charge < -0.3 is 4.74 Å². The van der Waals surface area contributed by atoms with E-state index in [2.05, 4.69) is 59.5 Å². The lowest BCUT2D eigenvalue weighted by atomic mass is 9.80. The molecule has 3 heteroatoms. The van der Waals surface area contributed by atoms with Crippen LogP contribution in [-0.4, -0.2) is 31.2 Å². The van der Waals surface area contributed by atoms with E-state index in [1.54, 1.807) is 0 Å². The molecule has 0 bridgehead atoms. The van der Waals surface area contributed by atoms with Gasteiger partial charge in [-0.2, -0.15) is 5.26 Å². The highest BCUT2D eigenvalue weighted by atomic mass is 16.5. The number of ether oxygens (including phenoxy) is 1. The molecule has 0 radical (unpaired) electrons. The highest BCUT2D eigenvalue weighted by Gasteiger charge is 2.35. The monoisotopic (exact) mass is 346 g/mol. The maximum absolute atomic E-state index is 9.68. The average molecular weight is 346 g/mol. The summed E-state index contributed by atoms with van der Waals surface area (Å²) in [4.78, 5) is 2.45. The number of nitrogens with zero attached hydrogens (tertiary/aromatic N) is 2. The summed E-state index contributed by atoms with van der Waals surface area (Å²) in [6.07, 6.45) is 4.33. The Bertz CT molecular complexity index is 779. The van der Waals surface area contributed by atoms with Crippen LogP contribution in [0.5, 0.6) is 0 Å². The summed E-state index contributed by atoms with van der Waals surface area (Å²) in [5.74, 6) is 0. The molecule has 1 aliphatic carbocycles. The summed E-state index contributed by atoms with van der Waals surface area (Å²) in [6, 6.07) is 20.1. The molecule has 0 aromatic heterocycles. The summed E-state index contributed by atoms with van der Waals surface area (Å²) in [5.41, 5.74) is 4.75. The maximum atomic E-state index is 9.68.